The number of carbonyl (C=O) groups is 1. The van der Waals surface area contributed by atoms with E-state index in [1.165, 1.54) is 12.3 Å². The third kappa shape index (κ3) is 7.45. The molecular formula is C34H32F4N4O. The quantitative estimate of drug-likeness (QED) is 0.183. The fourth-order valence-corrected chi connectivity index (χ4v) is 5.31. The van der Waals surface area contributed by atoms with Crippen LogP contribution in [0.25, 0.3) is 0 Å². The maximum absolute atomic E-state index is 14.1. The van der Waals surface area contributed by atoms with E-state index in [0.717, 1.165) is 31.1 Å². The van der Waals surface area contributed by atoms with Crippen LogP contribution in [0.3, 0.4) is 0 Å². The van der Waals surface area contributed by atoms with Crippen molar-refractivity contribution in [2.45, 2.75) is 44.9 Å². The summed E-state index contributed by atoms with van der Waals surface area (Å²) in [5.41, 5.74) is 3.48. The molecule has 2 aromatic carbocycles. The molecule has 43 heavy (non-hydrogen) atoms. The SMILES string of the molecule is Cc1ccc(C(=O)Cc2ccc(CN3CC[C@H](N(C)C)C3)c(C(F)(F)F)c2)cc1C#Cc1ccc(C2=NC=C(F)C2)nc1. The molecule has 5 nitrogen and oxygen atoms in total. The predicted molar refractivity (Wildman–Crippen MR) is 159 cm³/mol. The standard InChI is InChI=1S/C34H32F4N4O/c1-22-4-8-26(16-25(22)9-5-23-7-11-31(39-18-23)32-17-28(35)19-40-32)33(43)15-24-6-10-27(30(14-24)34(36,37)38)20-42-13-12-29(21-42)41(2)3/h4,6-8,10-11,14,16,18-19,29H,12-13,15,17,20-21H2,1-3H3/t29-/m0/s1. The third-order valence-corrected chi connectivity index (χ3v) is 7.87. The van der Waals surface area contributed by atoms with Gasteiger partial charge >= 0.3 is 6.18 Å². The number of rotatable bonds is 7. The number of ketones is 1. The molecule has 0 bridgehead atoms. The molecule has 0 spiro atoms. The molecule has 9 heteroatoms. The fourth-order valence-electron chi connectivity index (χ4n) is 5.31. The molecule has 1 aromatic heterocycles. The van der Waals surface area contributed by atoms with Crippen molar-refractivity contribution in [1.29, 1.82) is 0 Å². The smallest absolute Gasteiger partial charge is 0.305 e. The van der Waals surface area contributed by atoms with E-state index in [2.05, 4.69) is 26.7 Å². The lowest BCUT2D eigenvalue weighted by Gasteiger charge is -2.22. The molecule has 0 aliphatic carbocycles. The largest absolute Gasteiger partial charge is 0.416 e. The number of halogens is 4. The summed E-state index contributed by atoms with van der Waals surface area (Å²) in [4.78, 5) is 25.7. The normalized spacial score (nSPS) is 17.1. The summed E-state index contributed by atoms with van der Waals surface area (Å²) in [6, 6.07) is 13.2. The summed E-state index contributed by atoms with van der Waals surface area (Å²) >= 11 is 0. The molecule has 1 atom stereocenters. The van der Waals surface area contributed by atoms with Crippen LogP contribution in [0.5, 0.6) is 0 Å². The lowest BCUT2D eigenvalue weighted by molar-refractivity contribution is -0.138. The van der Waals surface area contributed by atoms with Crippen LogP contribution in [0.2, 0.25) is 0 Å². The average Bonchev–Trinajstić information content (AvgIpc) is 3.62. The number of aryl methyl sites for hydroxylation is 1. The molecule has 222 valence electrons. The second kappa shape index (κ2) is 12.6. The second-order valence-corrected chi connectivity index (χ2v) is 11.3. The van der Waals surface area contributed by atoms with Crippen LogP contribution in [0, 0.1) is 18.8 Å². The highest BCUT2D eigenvalue weighted by Crippen LogP contribution is 2.34. The predicted octanol–water partition coefficient (Wildman–Crippen LogP) is 6.37. The number of pyridine rings is 1. The fraction of sp³-hybridized carbons (Fsp3) is 0.324. The molecule has 2 aliphatic heterocycles. The Hall–Kier alpha value is -4.13. The maximum atomic E-state index is 14.1. The number of likely N-dealkylation sites (N-methyl/N-ethyl adjacent to an activating group) is 1. The van der Waals surface area contributed by atoms with Crippen LogP contribution in [-0.4, -0.2) is 59.5 Å². The van der Waals surface area contributed by atoms with E-state index in [-0.39, 0.29) is 36.6 Å². The first-order valence-corrected chi connectivity index (χ1v) is 14.1. The average molecular weight is 589 g/mol. The van der Waals surface area contributed by atoms with Crippen LogP contribution >= 0.6 is 0 Å². The first-order valence-electron chi connectivity index (χ1n) is 14.1. The number of aromatic nitrogens is 1. The number of hydrogen-bond donors (Lipinski definition) is 0. The van der Waals surface area contributed by atoms with E-state index in [1.54, 1.807) is 42.6 Å². The molecule has 1 fully saturated rings. The Balaban J connectivity index is 1.29. The van der Waals surface area contributed by atoms with Crippen LogP contribution < -0.4 is 0 Å². The Morgan fingerprint density at radius 3 is 2.56 bits per heavy atom. The van der Waals surface area contributed by atoms with Gasteiger partial charge < -0.3 is 4.90 Å². The highest BCUT2D eigenvalue weighted by Gasteiger charge is 2.35. The van der Waals surface area contributed by atoms with Crippen LogP contribution in [0.4, 0.5) is 17.6 Å². The number of nitrogens with zero attached hydrogens (tertiary/aromatic N) is 4. The van der Waals surface area contributed by atoms with Gasteiger partial charge in [-0.25, -0.2) is 4.39 Å². The van der Waals surface area contributed by atoms with Gasteiger partial charge in [0.2, 0.25) is 0 Å². The van der Waals surface area contributed by atoms with Crippen molar-refractivity contribution in [3.05, 3.63) is 111 Å². The Labute approximate surface area is 249 Å². The number of allylic oxidation sites excluding steroid dienone is 1. The van der Waals surface area contributed by atoms with Crippen molar-refractivity contribution in [2.75, 3.05) is 27.2 Å². The highest BCUT2D eigenvalue weighted by atomic mass is 19.4. The molecule has 0 unspecified atom stereocenters. The van der Waals surface area contributed by atoms with Gasteiger partial charge in [-0.05, 0) is 68.4 Å². The third-order valence-electron chi connectivity index (χ3n) is 7.87. The summed E-state index contributed by atoms with van der Waals surface area (Å²) in [6.45, 7) is 3.56. The lowest BCUT2D eigenvalue weighted by atomic mass is 9.96. The molecule has 0 N–H and O–H groups in total. The number of likely N-dealkylation sites (tertiary alicyclic amines) is 1. The van der Waals surface area contributed by atoms with Gasteiger partial charge in [-0.3, -0.25) is 19.7 Å². The summed E-state index contributed by atoms with van der Waals surface area (Å²) in [7, 11) is 3.97. The van der Waals surface area contributed by atoms with Gasteiger partial charge in [0.25, 0.3) is 0 Å². The van der Waals surface area contributed by atoms with Crippen molar-refractivity contribution >= 4 is 11.5 Å². The van der Waals surface area contributed by atoms with Gasteiger partial charge in [-0.2, -0.15) is 13.2 Å². The van der Waals surface area contributed by atoms with E-state index in [1.807, 2.05) is 25.9 Å². The molecule has 1 saturated heterocycles. The molecule has 0 radical (unpaired) electrons. The van der Waals surface area contributed by atoms with Crippen molar-refractivity contribution < 1.29 is 22.4 Å². The Kier molecular flexibility index (Phi) is 8.90. The molecule has 3 heterocycles. The van der Waals surface area contributed by atoms with E-state index in [9.17, 15) is 22.4 Å². The Morgan fingerprint density at radius 2 is 1.91 bits per heavy atom. The zero-order valence-electron chi connectivity index (χ0n) is 24.3. The van der Waals surface area contributed by atoms with Gasteiger partial charge in [0.1, 0.15) is 5.83 Å². The number of aliphatic imine (C=N–C) groups is 1. The minimum absolute atomic E-state index is 0.121. The van der Waals surface area contributed by atoms with E-state index >= 15 is 0 Å². The monoisotopic (exact) mass is 588 g/mol. The van der Waals surface area contributed by atoms with E-state index in [4.69, 9.17) is 0 Å². The van der Waals surface area contributed by atoms with E-state index in [0.29, 0.717) is 39.7 Å². The number of Topliss-reactive ketones (excluding diaryl/α,β-unsaturated/α-hetero) is 1. The van der Waals surface area contributed by atoms with Gasteiger partial charge in [0, 0.05) is 61.4 Å². The minimum atomic E-state index is -4.52. The van der Waals surface area contributed by atoms with Crippen molar-refractivity contribution in [1.82, 2.24) is 14.8 Å². The van der Waals surface area contributed by atoms with Crippen molar-refractivity contribution in [3.8, 4) is 11.8 Å². The molecular weight excluding hydrogens is 556 g/mol. The molecule has 2 aliphatic rings. The van der Waals surface area contributed by atoms with Gasteiger partial charge in [-0.15, -0.1) is 0 Å². The molecule has 3 aromatic rings. The first kappa shape index (κ1) is 30.3. The van der Waals surface area contributed by atoms with Crippen molar-refractivity contribution in [3.63, 3.8) is 0 Å². The van der Waals surface area contributed by atoms with E-state index < -0.39 is 11.7 Å². The maximum Gasteiger partial charge on any atom is 0.416 e. The Morgan fingerprint density at radius 1 is 1.09 bits per heavy atom. The minimum Gasteiger partial charge on any atom is -0.305 e. The summed E-state index contributed by atoms with van der Waals surface area (Å²) in [5, 5.41) is 0. The summed E-state index contributed by atoms with van der Waals surface area (Å²) < 4.78 is 55.5. The number of alkyl halides is 3. The van der Waals surface area contributed by atoms with Gasteiger partial charge in [-0.1, -0.05) is 36.1 Å². The summed E-state index contributed by atoms with van der Waals surface area (Å²) in [6.07, 6.45) is -0.873. The lowest BCUT2D eigenvalue weighted by Crippen LogP contribution is -2.31. The molecule has 5 rings (SSSR count). The van der Waals surface area contributed by atoms with Crippen molar-refractivity contribution in [2.24, 2.45) is 4.99 Å². The molecule has 0 saturated carbocycles. The summed E-state index contributed by atoms with van der Waals surface area (Å²) in [5.74, 6) is 5.50. The van der Waals surface area contributed by atoms with Crippen LogP contribution in [-0.2, 0) is 19.1 Å². The number of hydrogen-bond acceptors (Lipinski definition) is 5. The zero-order chi connectivity index (χ0) is 30.7. The number of benzene rings is 2. The van der Waals surface area contributed by atoms with Gasteiger partial charge in [0.05, 0.1) is 23.2 Å². The van der Waals surface area contributed by atoms with Crippen LogP contribution in [0.15, 0.2) is 71.7 Å². The second-order valence-electron chi connectivity index (χ2n) is 11.3. The Bertz CT molecular complexity index is 1650. The number of carbonyl (C=O) groups excluding carboxylic acids is 1. The van der Waals surface area contributed by atoms with Gasteiger partial charge in [0.15, 0.2) is 5.78 Å². The zero-order valence-corrected chi connectivity index (χ0v) is 24.3. The topological polar surface area (TPSA) is 48.8 Å². The highest BCUT2D eigenvalue weighted by molar-refractivity contribution is 6.02. The molecule has 0 amide bonds. The van der Waals surface area contributed by atoms with Crippen LogP contribution in [0.1, 0.15) is 62.3 Å². The first-order chi connectivity index (χ1) is 20.5.